The van der Waals surface area contributed by atoms with Gasteiger partial charge in [-0.3, -0.25) is 30.1 Å². The number of nitrogens with one attached hydrogen (secondary N) is 2. The normalized spacial score (nSPS) is 14.1. The lowest BCUT2D eigenvalue weighted by Gasteiger charge is -2.14. The molecular weight excluding hydrogens is 513 g/mol. The number of hydrogen-bond acceptors (Lipinski definition) is 6. The molecule has 0 unspecified atom stereocenters. The van der Waals surface area contributed by atoms with Crippen LogP contribution in [0.15, 0.2) is 83.8 Å². The zero-order valence-corrected chi connectivity index (χ0v) is 21.1. The molecule has 0 radical (unpaired) electrons. The van der Waals surface area contributed by atoms with Crippen molar-refractivity contribution in [2.24, 2.45) is 0 Å². The van der Waals surface area contributed by atoms with Crippen molar-refractivity contribution in [3.8, 4) is 5.75 Å². The molecule has 4 rings (SSSR count). The number of thiocarbonyl (C=S) groups is 1. The van der Waals surface area contributed by atoms with Crippen molar-refractivity contribution in [3.05, 3.63) is 106 Å². The highest BCUT2D eigenvalue weighted by molar-refractivity contribution is 8.26. The number of hydrazine groups is 1. The first-order valence-electron chi connectivity index (χ1n) is 11.3. The lowest BCUT2D eigenvalue weighted by Crippen LogP contribution is -2.43. The summed E-state index contributed by atoms with van der Waals surface area (Å²) in [5, 5.41) is 0. The second-order valence-corrected chi connectivity index (χ2v) is 9.58. The summed E-state index contributed by atoms with van der Waals surface area (Å²) in [7, 11) is 0. The van der Waals surface area contributed by atoms with Crippen LogP contribution < -0.4 is 15.6 Å². The Balaban J connectivity index is 1.23. The van der Waals surface area contributed by atoms with Gasteiger partial charge in [0.05, 0.1) is 4.91 Å². The number of hydrogen-bond donors (Lipinski definition) is 2. The maximum absolute atomic E-state index is 13.9. The fourth-order valence-corrected chi connectivity index (χ4v) is 4.64. The van der Waals surface area contributed by atoms with E-state index in [1.165, 1.54) is 17.0 Å². The molecule has 7 nitrogen and oxygen atoms in total. The lowest BCUT2D eigenvalue weighted by molar-refractivity contribution is -0.124. The average Bonchev–Trinajstić information content (AvgIpc) is 3.18. The third kappa shape index (κ3) is 7.02. The Hall–Kier alpha value is -4.02. The van der Waals surface area contributed by atoms with E-state index in [-0.39, 0.29) is 27.8 Å². The Morgan fingerprint density at radius 3 is 2.41 bits per heavy atom. The molecule has 3 aromatic carbocycles. The van der Waals surface area contributed by atoms with Crippen molar-refractivity contribution >= 4 is 52.1 Å². The van der Waals surface area contributed by atoms with Crippen molar-refractivity contribution in [2.45, 2.75) is 13.0 Å². The summed E-state index contributed by atoms with van der Waals surface area (Å²) < 4.78 is 19.9. The van der Waals surface area contributed by atoms with Gasteiger partial charge in [-0.05, 0) is 42.0 Å². The average molecular weight is 536 g/mol. The fourth-order valence-electron chi connectivity index (χ4n) is 3.34. The largest absolute Gasteiger partial charge is 0.489 e. The summed E-state index contributed by atoms with van der Waals surface area (Å²) in [5.74, 6) is -1.23. The van der Waals surface area contributed by atoms with Crippen LogP contribution in [-0.4, -0.2) is 33.5 Å². The van der Waals surface area contributed by atoms with Crippen LogP contribution in [0.1, 0.15) is 27.9 Å². The van der Waals surface area contributed by atoms with Crippen LogP contribution in [0.3, 0.4) is 0 Å². The number of amides is 3. The minimum atomic E-state index is -0.499. The highest BCUT2D eigenvalue weighted by Crippen LogP contribution is 2.33. The Bertz CT molecular complexity index is 1350. The third-order valence-corrected chi connectivity index (χ3v) is 6.69. The molecule has 0 aromatic heterocycles. The fraction of sp³-hybridized carbons (Fsp3) is 0.111. The van der Waals surface area contributed by atoms with Gasteiger partial charge in [-0.15, -0.1) is 0 Å². The Morgan fingerprint density at radius 1 is 0.973 bits per heavy atom. The zero-order chi connectivity index (χ0) is 26.2. The molecular formula is C27H22FN3O4S2. The number of benzene rings is 3. The van der Waals surface area contributed by atoms with Crippen molar-refractivity contribution < 1.29 is 23.5 Å². The minimum Gasteiger partial charge on any atom is -0.489 e. The molecule has 188 valence electrons. The van der Waals surface area contributed by atoms with E-state index in [9.17, 15) is 18.8 Å². The van der Waals surface area contributed by atoms with E-state index in [0.29, 0.717) is 17.9 Å². The van der Waals surface area contributed by atoms with Gasteiger partial charge in [0.1, 0.15) is 22.5 Å². The number of carbonyl (C=O) groups excluding carboxylic acids is 3. The molecule has 0 bridgehead atoms. The summed E-state index contributed by atoms with van der Waals surface area (Å²) in [6.45, 7) is 0.429. The molecule has 10 heteroatoms. The highest BCUT2D eigenvalue weighted by atomic mass is 32.2. The van der Waals surface area contributed by atoms with Crippen LogP contribution in [0.5, 0.6) is 5.75 Å². The smallest absolute Gasteiger partial charge is 0.269 e. The standard InChI is InChI=1S/C27H22FN3O4S2/c28-22-9-5-4-8-20(22)16-23-26(34)31(27(36)37-23)15-14-24(32)29-30-25(33)19-10-12-21(13-11-19)35-17-18-6-2-1-3-7-18/h1-13,16H,14-15,17H2,(H,29,32)(H,30,33). The highest BCUT2D eigenvalue weighted by Gasteiger charge is 2.32. The molecule has 1 heterocycles. The van der Waals surface area contributed by atoms with Gasteiger partial charge in [0, 0.05) is 24.1 Å². The Labute approximate surface area is 222 Å². The van der Waals surface area contributed by atoms with E-state index in [1.807, 2.05) is 30.3 Å². The number of nitrogens with zero attached hydrogens (tertiary/aromatic N) is 1. The molecule has 0 atom stereocenters. The second-order valence-electron chi connectivity index (χ2n) is 7.91. The lowest BCUT2D eigenvalue weighted by atomic mass is 10.2. The molecule has 3 amide bonds. The molecule has 0 aliphatic carbocycles. The maximum atomic E-state index is 13.9. The minimum absolute atomic E-state index is 0.0223. The van der Waals surface area contributed by atoms with E-state index in [0.717, 1.165) is 17.3 Å². The van der Waals surface area contributed by atoms with Gasteiger partial charge in [-0.1, -0.05) is 72.5 Å². The number of ether oxygens (including phenoxy) is 1. The van der Waals surface area contributed by atoms with Crippen molar-refractivity contribution in [1.29, 1.82) is 0 Å². The van der Waals surface area contributed by atoms with Gasteiger partial charge in [-0.2, -0.15) is 0 Å². The van der Waals surface area contributed by atoms with E-state index in [4.69, 9.17) is 17.0 Å². The number of rotatable bonds is 8. The van der Waals surface area contributed by atoms with Crippen molar-refractivity contribution in [2.75, 3.05) is 6.54 Å². The molecule has 1 saturated heterocycles. The van der Waals surface area contributed by atoms with E-state index in [2.05, 4.69) is 10.9 Å². The number of carbonyl (C=O) groups is 3. The summed E-state index contributed by atoms with van der Waals surface area (Å²) in [6, 6.07) is 22.3. The predicted molar refractivity (Wildman–Crippen MR) is 144 cm³/mol. The van der Waals surface area contributed by atoms with Crippen LogP contribution in [0.2, 0.25) is 0 Å². The second kappa shape index (κ2) is 12.3. The predicted octanol–water partition coefficient (Wildman–Crippen LogP) is 4.46. The topological polar surface area (TPSA) is 87.7 Å². The Morgan fingerprint density at radius 2 is 1.68 bits per heavy atom. The zero-order valence-electron chi connectivity index (χ0n) is 19.5. The molecule has 0 spiro atoms. The van der Waals surface area contributed by atoms with Crippen LogP contribution >= 0.6 is 24.0 Å². The first kappa shape index (κ1) is 26.1. The number of thioether (sulfide) groups is 1. The molecule has 37 heavy (non-hydrogen) atoms. The van der Waals surface area contributed by atoms with Crippen molar-refractivity contribution in [3.63, 3.8) is 0 Å². The van der Waals surface area contributed by atoms with E-state index >= 15 is 0 Å². The maximum Gasteiger partial charge on any atom is 0.269 e. The van der Waals surface area contributed by atoms with E-state index < -0.39 is 23.5 Å². The van der Waals surface area contributed by atoms with Gasteiger partial charge >= 0.3 is 0 Å². The van der Waals surface area contributed by atoms with Gasteiger partial charge in [0.2, 0.25) is 5.91 Å². The summed E-state index contributed by atoms with van der Waals surface area (Å²) >= 11 is 6.29. The molecule has 1 aliphatic rings. The number of halogens is 1. The first-order valence-corrected chi connectivity index (χ1v) is 12.5. The van der Waals surface area contributed by atoms with Crippen LogP contribution in [0.4, 0.5) is 4.39 Å². The summed E-state index contributed by atoms with van der Waals surface area (Å²) in [4.78, 5) is 38.8. The molecule has 1 aliphatic heterocycles. The third-order valence-electron chi connectivity index (χ3n) is 5.31. The Kier molecular flexibility index (Phi) is 8.65. The van der Waals surface area contributed by atoms with Gasteiger partial charge in [-0.25, -0.2) is 4.39 Å². The molecule has 0 saturated carbocycles. The summed E-state index contributed by atoms with van der Waals surface area (Å²) in [6.07, 6.45) is 1.35. The quantitative estimate of drug-likeness (QED) is 0.252. The van der Waals surface area contributed by atoms with E-state index in [1.54, 1.807) is 42.5 Å². The van der Waals surface area contributed by atoms with Crippen LogP contribution in [-0.2, 0) is 16.2 Å². The van der Waals surface area contributed by atoms with Gasteiger partial charge in [0.15, 0.2) is 0 Å². The monoisotopic (exact) mass is 535 g/mol. The van der Waals surface area contributed by atoms with Crippen molar-refractivity contribution in [1.82, 2.24) is 15.8 Å². The van der Waals surface area contributed by atoms with Gasteiger partial charge < -0.3 is 4.74 Å². The van der Waals surface area contributed by atoms with Gasteiger partial charge in [0.25, 0.3) is 11.8 Å². The molecule has 3 aromatic rings. The first-order chi connectivity index (χ1) is 17.9. The summed E-state index contributed by atoms with van der Waals surface area (Å²) in [5.41, 5.74) is 6.32. The van der Waals surface area contributed by atoms with Crippen LogP contribution in [0, 0.1) is 5.82 Å². The molecule has 1 fully saturated rings. The van der Waals surface area contributed by atoms with Crippen LogP contribution in [0.25, 0.3) is 6.08 Å². The SMILES string of the molecule is O=C(CCN1C(=O)C(=Cc2ccccc2F)SC1=S)NNC(=O)c1ccc(OCc2ccccc2)cc1. The molecule has 2 N–H and O–H groups in total.